The molecule has 3 heteroatoms. The van der Waals surface area contributed by atoms with E-state index in [1.54, 1.807) is 0 Å². The maximum atomic E-state index is 11.4. The Bertz CT molecular complexity index is 364. The molecule has 0 N–H and O–H groups in total. The lowest BCUT2D eigenvalue weighted by Gasteiger charge is -2.26. The van der Waals surface area contributed by atoms with Crippen LogP contribution in [0, 0.1) is 5.92 Å². The third-order valence-corrected chi connectivity index (χ3v) is 3.29. The first-order valence-electron chi connectivity index (χ1n) is 6.36. The van der Waals surface area contributed by atoms with Crippen LogP contribution in [-0.4, -0.2) is 37.6 Å². The Balaban J connectivity index is 2.46. The molecule has 1 aromatic rings. The molecule has 0 aliphatic heterocycles. The number of esters is 1. The van der Waals surface area contributed by atoms with E-state index in [-0.39, 0.29) is 11.9 Å². The summed E-state index contributed by atoms with van der Waals surface area (Å²) in [6.45, 7) is 4.80. The molecular weight excluding hydrogens is 226 g/mol. The van der Waals surface area contributed by atoms with Crippen LogP contribution in [0.3, 0.4) is 0 Å². The smallest absolute Gasteiger partial charge is 0.309 e. The highest BCUT2D eigenvalue weighted by atomic mass is 16.5. The molecule has 0 heterocycles. The van der Waals surface area contributed by atoms with E-state index in [1.807, 2.05) is 20.0 Å². The van der Waals surface area contributed by atoms with Crippen molar-refractivity contribution in [2.75, 3.05) is 20.7 Å². The number of methoxy groups -OCH3 is 1. The molecule has 0 amide bonds. The molecule has 100 valence electrons. The molecule has 0 bridgehead atoms. The van der Waals surface area contributed by atoms with Crippen molar-refractivity contribution in [1.29, 1.82) is 0 Å². The first kappa shape index (κ1) is 14.7. The Kier molecular flexibility index (Phi) is 5.86. The predicted octanol–water partition coefficient (Wildman–Crippen LogP) is 2.36. The van der Waals surface area contributed by atoms with Gasteiger partial charge in [0, 0.05) is 12.6 Å². The molecule has 2 atom stereocenters. The van der Waals surface area contributed by atoms with E-state index >= 15 is 0 Å². The quantitative estimate of drug-likeness (QED) is 0.725. The van der Waals surface area contributed by atoms with Crippen LogP contribution < -0.4 is 0 Å². The van der Waals surface area contributed by atoms with E-state index < -0.39 is 0 Å². The fourth-order valence-corrected chi connectivity index (χ4v) is 2.00. The van der Waals surface area contributed by atoms with Crippen LogP contribution in [0.2, 0.25) is 0 Å². The van der Waals surface area contributed by atoms with Gasteiger partial charge in [-0.2, -0.15) is 0 Å². The summed E-state index contributed by atoms with van der Waals surface area (Å²) in [5, 5.41) is 0. The van der Waals surface area contributed by atoms with Gasteiger partial charge in [0.25, 0.3) is 0 Å². The molecule has 0 aromatic heterocycles. The van der Waals surface area contributed by atoms with Crippen LogP contribution in [0.5, 0.6) is 0 Å². The van der Waals surface area contributed by atoms with Crippen molar-refractivity contribution in [2.45, 2.75) is 26.3 Å². The summed E-state index contributed by atoms with van der Waals surface area (Å²) in [7, 11) is 3.49. The summed E-state index contributed by atoms with van der Waals surface area (Å²) in [4.78, 5) is 13.6. The van der Waals surface area contributed by atoms with Crippen LogP contribution in [0.4, 0.5) is 0 Å². The molecule has 0 aliphatic carbocycles. The first-order valence-corrected chi connectivity index (χ1v) is 6.36. The molecular formula is C15H23NO2. The molecule has 0 radical (unpaired) electrons. The number of carbonyl (C=O) groups excluding carboxylic acids is 1. The van der Waals surface area contributed by atoms with Gasteiger partial charge in [0.05, 0.1) is 13.0 Å². The Morgan fingerprint density at radius 3 is 2.44 bits per heavy atom. The topological polar surface area (TPSA) is 29.5 Å². The van der Waals surface area contributed by atoms with Crippen LogP contribution in [0.15, 0.2) is 30.3 Å². The fourth-order valence-electron chi connectivity index (χ4n) is 2.00. The van der Waals surface area contributed by atoms with Crippen LogP contribution >= 0.6 is 0 Å². The van der Waals surface area contributed by atoms with E-state index in [4.69, 9.17) is 4.74 Å². The Hall–Kier alpha value is -1.35. The number of nitrogens with zero attached hydrogens (tertiary/aromatic N) is 1. The second-order valence-electron chi connectivity index (χ2n) is 4.90. The Morgan fingerprint density at radius 1 is 1.28 bits per heavy atom. The number of ether oxygens (including phenoxy) is 1. The SMILES string of the molecule is COC(=O)[C@@H](C)CN(C)[C@H](C)Cc1ccccc1. The first-order chi connectivity index (χ1) is 8.54. The number of benzene rings is 1. The Labute approximate surface area is 110 Å². The van der Waals surface area contributed by atoms with Crippen LogP contribution in [-0.2, 0) is 16.0 Å². The molecule has 0 saturated heterocycles. The summed E-state index contributed by atoms with van der Waals surface area (Å²) in [5.41, 5.74) is 1.32. The van der Waals surface area contributed by atoms with Gasteiger partial charge in [0.2, 0.25) is 0 Å². The van der Waals surface area contributed by atoms with Gasteiger partial charge >= 0.3 is 5.97 Å². The number of hydrogen-bond donors (Lipinski definition) is 0. The summed E-state index contributed by atoms with van der Waals surface area (Å²) >= 11 is 0. The molecule has 0 aliphatic rings. The van der Waals surface area contributed by atoms with Gasteiger partial charge in [0.1, 0.15) is 0 Å². The zero-order valence-electron chi connectivity index (χ0n) is 11.7. The maximum absolute atomic E-state index is 11.4. The van der Waals surface area contributed by atoms with Crippen molar-refractivity contribution >= 4 is 5.97 Å². The van der Waals surface area contributed by atoms with Gasteiger partial charge in [-0.3, -0.25) is 4.79 Å². The second-order valence-corrected chi connectivity index (χ2v) is 4.90. The van der Waals surface area contributed by atoms with Gasteiger partial charge in [0.15, 0.2) is 0 Å². The average molecular weight is 249 g/mol. The predicted molar refractivity (Wildman–Crippen MR) is 73.4 cm³/mol. The van der Waals surface area contributed by atoms with Crippen molar-refractivity contribution < 1.29 is 9.53 Å². The summed E-state index contributed by atoms with van der Waals surface area (Å²) in [6, 6.07) is 10.8. The van der Waals surface area contributed by atoms with Gasteiger partial charge in [-0.25, -0.2) is 0 Å². The third-order valence-electron chi connectivity index (χ3n) is 3.29. The molecule has 18 heavy (non-hydrogen) atoms. The monoisotopic (exact) mass is 249 g/mol. The molecule has 1 rings (SSSR count). The lowest BCUT2D eigenvalue weighted by molar-refractivity contribution is -0.145. The van der Waals surface area contributed by atoms with Gasteiger partial charge in [-0.05, 0) is 26.0 Å². The normalized spacial score (nSPS) is 14.3. The van der Waals surface area contributed by atoms with Crippen molar-refractivity contribution in [3.63, 3.8) is 0 Å². The highest BCUT2D eigenvalue weighted by Crippen LogP contribution is 2.10. The minimum Gasteiger partial charge on any atom is -0.469 e. The summed E-state index contributed by atoms with van der Waals surface area (Å²) in [5.74, 6) is -0.230. The summed E-state index contributed by atoms with van der Waals surface area (Å²) < 4.78 is 4.75. The van der Waals surface area contributed by atoms with E-state index in [2.05, 4.69) is 36.1 Å². The van der Waals surface area contributed by atoms with E-state index in [9.17, 15) is 4.79 Å². The van der Waals surface area contributed by atoms with Gasteiger partial charge in [-0.1, -0.05) is 37.3 Å². The zero-order chi connectivity index (χ0) is 13.5. The van der Waals surface area contributed by atoms with Crippen LogP contribution in [0.25, 0.3) is 0 Å². The molecule has 1 aromatic carbocycles. The van der Waals surface area contributed by atoms with Crippen molar-refractivity contribution in [3.8, 4) is 0 Å². The largest absolute Gasteiger partial charge is 0.469 e. The number of carbonyl (C=O) groups is 1. The standard InChI is InChI=1S/C15H23NO2/c1-12(15(17)18-4)11-16(3)13(2)10-14-8-6-5-7-9-14/h5-9,12-13H,10-11H2,1-4H3/t12-,13+/m0/s1. The molecule has 0 spiro atoms. The lowest BCUT2D eigenvalue weighted by Crippen LogP contribution is -2.36. The molecule has 3 nitrogen and oxygen atoms in total. The lowest BCUT2D eigenvalue weighted by atomic mass is 10.0. The molecule has 0 fully saturated rings. The number of rotatable bonds is 6. The van der Waals surface area contributed by atoms with Crippen molar-refractivity contribution in [1.82, 2.24) is 4.90 Å². The Morgan fingerprint density at radius 2 is 1.89 bits per heavy atom. The third kappa shape index (κ3) is 4.49. The van der Waals surface area contributed by atoms with Crippen molar-refractivity contribution in [2.24, 2.45) is 5.92 Å². The fraction of sp³-hybridized carbons (Fsp3) is 0.533. The second kappa shape index (κ2) is 7.17. The van der Waals surface area contributed by atoms with Crippen LogP contribution in [0.1, 0.15) is 19.4 Å². The summed E-state index contributed by atoms with van der Waals surface area (Å²) in [6.07, 6.45) is 0.991. The number of likely N-dealkylation sites (N-methyl/N-ethyl adjacent to an activating group) is 1. The van der Waals surface area contributed by atoms with Crippen molar-refractivity contribution in [3.05, 3.63) is 35.9 Å². The molecule has 0 unspecified atom stereocenters. The van der Waals surface area contributed by atoms with Gasteiger partial charge < -0.3 is 9.64 Å². The van der Waals surface area contributed by atoms with E-state index in [1.165, 1.54) is 12.7 Å². The highest BCUT2D eigenvalue weighted by molar-refractivity contribution is 5.72. The highest BCUT2D eigenvalue weighted by Gasteiger charge is 2.18. The van der Waals surface area contributed by atoms with Gasteiger partial charge in [-0.15, -0.1) is 0 Å². The maximum Gasteiger partial charge on any atom is 0.309 e. The minimum atomic E-state index is -0.145. The number of hydrogen-bond acceptors (Lipinski definition) is 3. The van der Waals surface area contributed by atoms with E-state index in [0.29, 0.717) is 6.04 Å². The molecule has 0 saturated carbocycles. The average Bonchev–Trinajstić information content (AvgIpc) is 2.38. The zero-order valence-corrected chi connectivity index (χ0v) is 11.7. The van der Waals surface area contributed by atoms with E-state index in [0.717, 1.165) is 13.0 Å². The minimum absolute atomic E-state index is 0.0850.